The van der Waals surface area contributed by atoms with Crippen LogP contribution in [-0.4, -0.2) is 52.8 Å². The molecule has 198 valence electrons. The van der Waals surface area contributed by atoms with Gasteiger partial charge in [0.1, 0.15) is 18.1 Å². The minimum atomic E-state index is -0.712. The largest absolute Gasteiger partial charge is 0.507 e. The minimum absolute atomic E-state index is 0.0814. The maximum absolute atomic E-state index is 13.3. The van der Waals surface area contributed by atoms with Crippen LogP contribution in [0.4, 0.5) is 0 Å². The van der Waals surface area contributed by atoms with Gasteiger partial charge in [-0.1, -0.05) is 67.9 Å². The molecule has 1 amide bonds. The van der Waals surface area contributed by atoms with Gasteiger partial charge in [0.25, 0.3) is 11.7 Å². The minimum Gasteiger partial charge on any atom is -0.507 e. The van der Waals surface area contributed by atoms with Gasteiger partial charge >= 0.3 is 0 Å². The molecule has 1 fully saturated rings. The van der Waals surface area contributed by atoms with Crippen molar-refractivity contribution >= 4 is 29.1 Å². The second-order valence-corrected chi connectivity index (χ2v) is 9.76. The number of benzene rings is 3. The molecular formula is C31H33ClN2O4. The fraction of sp³-hybridized carbons (Fsp3) is 0.290. The summed E-state index contributed by atoms with van der Waals surface area (Å²) in [6.45, 7) is 9.04. The molecule has 3 aromatic rings. The molecule has 6 nitrogen and oxygen atoms in total. The quantitative estimate of drug-likeness (QED) is 0.197. The first-order chi connectivity index (χ1) is 18.3. The highest BCUT2D eigenvalue weighted by Gasteiger charge is 2.46. The van der Waals surface area contributed by atoms with Crippen molar-refractivity contribution in [2.75, 3.05) is 26.2 Å². The number of ketones is 1. The highest BCUT2D eigenvalue weighted by molar-refractivity contribution is 6.46. The molecule has 0 saturated carbocycles. The summed E-state index contributed by atoms with van der Waals surface area (Å²) in [5, 5.41) is 12.0. The van der Waals surface area contributed by atoms with Gasteiger partial charge in [-0.15, -0.1) is 0 Å². The first-order valence-electron chi connectivity index (χ1n) is 12.9. The number of hydrogen-bond acceptors (Lipinski definition) is 5. The van der Waals surface area contributed by atoms with Crippen molar-refractivity contribution in [3.05, 3.63) is 106 Å². The molecule has 1 saturated heterocycles. The van der Waals surface area contributed by atoms with Crippen LogP contribution in [0.1, 0.15) is 42.1 Å². The van der Waals surface area contributed by atoms with E-state index < -0.39 is 17.7 Å². The third-order valence-electron chi connectivity index (χ3n) is 6.98. The monoisotopic (exact) mass is 532 g/mol. The number of nitrogens with zero attached hydrogens (tertiary/aromatic N) is 2. The number of hydrogen-bond donors (Lipinski definition) is 1. The molecular weight excluding hydrogens is 500 g/mol. The predicted molar refractivity (Wildman–Crippen MR) is 150 cm³/mol. The lowest BCUT2D eigenvalue weighted by Gasteiger charge is -2.28. The summed E-state index contributed by atoms with van der Waals surface area (Å²) < 4.78 is 5.92. The zero-order valence-electron chi connectivity index (χ0n) is 22.0. The lowest BCUT2D eigenvalue weighted by atomic mass is 9.94. The van der Waals surface area contributed by atoms with Crippen LogP contribution in [0, 0.1) is 6.92 Å². The molecule has 7 heteroatoms. The molecule has 4 rings (SSSR count). The van der Waals surface area contributed by atoms with Crippen molar-refractivity contribution < 1.29 is 19.4 Å². The van der Waals surface area contributed by atoms with Gasteiger partial charge in [0.2, 0.25) is 0 Å². The molecule has 1 N–H and O–H groups in total. The summed E-state index contributed by atoms with van der Waals surface area (Å²) in [7, 11) is 0. The van der Waals surface area contributed by atoms with Crippen LogP contribution in [0.15, 0.2) is 78.4 Å². The van der Waals surface area contributed by atoms with Gasteiger partial charge in [-0.05, 0) is 67.0 Å². The third-order valence-corrected chi connectivity index (χ3v) is 7.23. The van der Waals surface area contributed by atoms with Crippen molar-refractivity contribution in [3.63, 3.8) is 0 Å². The van der Waals surface area contributed by atoms with Gasteiger partial charge in [0.15, 0.2) is 0 Å². The van der Waals surface area contributed by atoms with E-state index in [2.05, 4.69) is 18.7 Å². The second-order valence-electron chi connectivity index (χ2n) is 9.32. The molecule has 38 heavy (non-hydrogen) atoms. The number of likely N-dealkylation sites (tertiary alicyclic amines) is 1. The molecule has 0 bridgehead atoms. The topological polar surface area (TPSA) is 70.1 Å². The van der Waals surface area contributed by atoms with Crippen molar-refractivity contribution in [1.82, 2.24) is 9.80 Å². The number of ether oxygens (including phenoxy) is 1. The second kappa shape index (κ2) is 12.3. The van der Waals surface area contributed by atoms with E-state index in [4.69, 9.17) is 16.3 Å². The number of likely N-dealkylation sites (N-methyl/N-ethyl adjacent to an activating group) is 1. The Kier molecular flexibility index (Phi) is 8.87. The SMILES string of the molecule is CCN(CC)CCN1C(=O)C(=O)C(=C(O)c2ccc(OCc3ccccc3)cc2C)[C@H]1c1ccc(Cl)cc1. The number of aryl methyl sites for hydroxylation is 1. The standard InChI is InChI=1S/C31H33ClN2O4/c1-4-33(5-2)17-18-34-28(23-11-13-24(32)14-12-23)27(30(36)31(34)37)29(35)26-16-15-25(19-21(26)3)38-20-22-9-7-6-8-10-22/h6-16,19,28,35H,4-5,17-18,20H2,1-3H3/t28-/m1/s1. The lowest BCUT2D eigenvalue weighted by molar-refractivity contribution is -0.140. The highest BCUT2D eigenvalue weighted by atomic mass is 35.5. The Morgan fingerprint density at radius 3 is 2.32 bits per heavy atom. The number of amides is 1. The van der Waals surface area contributed by atoms with E-state index in [1.807, 2.05) is 43.3 Å². The molecule has 1 heterocycles. The molecule has 1 aliphatic rings. The van der Waals surface area contributed by atoms with E-state index in [1.54, 1.807) is 41.3 Å². The van der Waals surface area contributed by atoms with E-state index in [1.165, 1.54) is 0 Å². The first-order valence-corrected chi connectivity index (χ1v) is 13.3. The summed E-state index contributed by atoms with van der Waals surface area (Å²) in [6, 6.07) is 21.5. The number of rotatable bonds is 10. The normalized spacial score (nSPS) is 16.9. The number of carbonyl (C=O) groups excluding carboxylic acids is 2. The Morgan fingerprint density at radius 1 is 1.00 bits per heavy atom. The molecule has 0 spiro atoms. The summed E-state index contributed by atoms with van der Waals surface area (Å²) in [5.41, 5.74) is 3.06. The van der Waals surface area contributed by atoms with E-state index >= 15 is 0 Å². The van der Waals surface area contributed by atoms with Crippen LogP contribution in [0.5, 0.6) is 5.75 Å². The average Bonchev–Trinajstić information content (AvgIpc) is 3.18. The Labute approximate surface area is 229 Å². The molecule has 1 aliphatic heterocycles. The van der Waals surface area contributed by atoms with Gasteiger partial charge < -0.3 is 19.6 Å². The molecule has 0 aliphatic carbocycles. The lowest BCUT2D eigenvalue weighted by Crippen LogP contribution is -2.38. The maximum atomic E-state index is 13.3. The van der Waals surface area contributed by atoms with Crippen LogP contribution in [0.25, 0.3) is 5.76 Å². The van der Waals surface area contributed by atoms with Crippen LogP contribution in [-0.2, 0) is 16.2 Å². The van der Waals surface area contributed by atoms with Crippen molar-refractivity contribution in [3.8, 4) is 5.75 Å². The van der Waals surface area contributed by atoms with E-state index in [-0.39, 0.29) is 11.3 Å². The van der Waals surface area contributed by atoms with Crippen LogP contribution in [0.2, 0.25) is 5.02 Å². The van der Waals surface area contributed by atoms with E-state index in [0.29, 0.717) is 36.0 Å². The Balaban J connectivity index is 1.69. The number of aliphatic hydroxyl groups excluding tert-OH is 1. The summed E-state index contributed by atoms with van der Waals surface area (Å²) >= 11 is 6.12. The number of carbonyl (C=O) groups is 2. The van der Waals surface area contributed by atoms with Gasteiger partial charge in [0, 0.05) is 23.7 Å². The molecule has 0 unspecified atom stereocenters. The molecule has 0 aromatic heterocycles. The number of aliphatic hydroxyl groups is 1. The highest BCUT2D eigenvalue weighted by Crippen LogP contribution is 2.40. The van der Waals surface area contributed by atoms with Crippen molar-refractivity contribution in [2.45, 2.75) is 33.4 Å². The average molecular weight is 533 g/mol. The molecule has 3 aromatic carbocycles. The Hall–Kier alpha value is -3.61. The summed E-state index contributed by atoms with van der Waals surface area (Å²) in [4.78, 5) is 30.3. The predicted octanol–water partition coefficient (Wildman–Crippen LogP) is 5.99. The smallest absolute Gasteiger partial charge is 0.295 e. The van der Waals surface area contributed by atoms with Crippen molar-refractivity contribution in [1.29, 1.82) is 0 Å². The third kappa shape index (κ3) is 5.93. The van der Waals surface area contributed by atoms with Gasteiger partial charge in [-0.2, -0.15) is 0 Å². The van der Waals surface area contributed by atoms with Crippen molar-refractivity contribution in [2.24, 2.45) is 0 Å². The van der Waals surface area contributed by atoms with E-state index in [0.717, 1.165) is 29.8 Å². The number of Topliss-reactive ketones (excluding diaryl/α,β-unsaturated/α-hetero) is 1. The fourth-order valence-corrected chi connectivity index (χ4v) is 4.89. The molecule has 1 atom stereocenters. The van der Waals surface area contributed by atoms with Gasteiger partial charge in [-0.3, -0.25) is 9.59 Å². The first kappa shape index (κ1) is 27.4. The fourth-order valence-electron chi connectivity index (χ4n) is 4.77. The maximum Gasteiger partial charge on any atom is 0.295 e. The zero-order chi connectivity index (χ0) is 27.2. The van der Waals surface area contributed by atoms with Crippen LogP contribution in [0.3, 0.4) is 0 Å². The van der Waals surface area contributed by atoms with E-state index in [9.17, 15) is 14.7 Å². The van der Waals surface area contributed by atoms with Crippen LogP contribution >= 0.6 is 11.6 Å². The van der Waals surface area contributed by atoms with Crippen LogP contribution < -0.4 is 4.74 Å². The van der Waals surface area contributed by atoms with Gasteiger partial charge in [0.05, 0.1) is 11.6 Å². The Bertz CT molecular complexity index is 1320. The summed E-state index contributed by atoms with van der Waals surface area (Å²) in [6.07, 6.45) is 0. The Morgan fingerprint density at radius 2 is 1.68 bits per heavy atom. The summed E-state index contributed by atoms with van der Waals surface area (Å²) in [5.74, 6) is -0.845. The van der Waals surface area contributed by atoms with Gasteiger partial charge in [-0.25, -0.2) is 0 Å². The number of halogens is 1. The molecule has 0 radical (unpaired) electrons. The zero-order valence-corrected chi connectivity index (χ0v) is 22.7.